The van der Waals surface area contributed by atoms with Crippen molar-refractivity contribution in [2.24, 2.45) is 0 Å². The summed E-state index contributed by atoms with van der Waals surface area (Å²) in [5.41, 5.74) is 2.91. The number of rotatable bonds is 3. The van der Waals surface area contributed by atoms with Crippen LogP contribution in [0, 0.1) is 0 Å². The molecule has 0 aliphatic carbocycles. The summed E-state index contributed by atoms with van der Waals surface area (Å²) in [6, 6.07) is 9.85. The Morgan fingerprint density at radius 1 is 1.14 bits per heavy atom. The third-order valence-corrected chi connectivity index (χ3v) is 4.16. The van der Waals surface area contributed by atoms with Gasteiger partial charge < -0.3 is 4.57 Å². The average Bonchev–Trinajstić information content (AvgIpc) is 2.86. The molecule has 0 N–H and O–H groups in total. The van der Waals surface area contributed by atoms with Gasteiger partial charge in [0.1, 0.15) is 11.3 Å². The second-order valence-electron chi connectivity index (χ2n) is 5.02. The summed E-state index contributed by atoms with van der Waals surface area (Å²) in [5.74, 6) is 0.826. The Balaban J connectivity index is 2.23. The van der Waals surface area contributed by atoms with Gasteiger partial charge in [-0.1, -0.05) is 29.8 Å². The maximum atomic E-state index is 6.34. The van der Waals surface area contributed by atoms with Crippen molar-refractivity contribution in [1.82, 2.24) is 14.5 Å². The average molecular weight is 320 g/mol. The highest BCUT2D eigenvalue weighted by Gasteiger charge is 2.21. The topological polar surface area (TPSA) is 30.7 Å². The van der Waals surface area contributed by atoms with Crippen LogP contribution in [0.2, 0.25) is 5.02 Å². The van der Waals surface area contributed by atoms with E-state index in [2.05, 4.69) is 21.5 Å². The smallest absolute Gasteiger partial charge is 0.128 e. The number of alkyl halides is 1. The van der Waals surface area contributed by atoms with Crippen molar-refractivity contribution in [3.05, 3.63) is 59.1 Å². The zero-order chi connectivity index (χ0) is 15.0. The monoisotopic (exact) mass is 319 g/mol. The third kappa shape index (κ3) is 2.52. The van der Waals surface area contributed by atoms with E-state index in [0.29, 0.717) is 0 Å². The van der Waals surface area contributed by atoms with E-state index in [4.69, 9.17) is 23.2 Å². The van der Waals surface area contributed by atoms with Crippen LogP contribution in [0.3, 0.4) is 0 Å². The van der Waals surface area contributed by atoms with Gasteiger partial charge in [-0.25, -0.2) is 4.98 Å². The largest absolute Gasteiger partial charge is 0.319 e. The molecule has 0 saturated heterocycles. The molecule has 0 amide bonds. The van der Waals surface area contributed by atoms with E-state index in [9.17, 15) is 0 Å². The highest BCUT2D eigenvalue weighted by atomic mass is 35.5. The van der Waals surface area contributed by atoms with Crippen molar-refractivity contribution in [3.63, 3.8) is 0 Å². The maximum Gasteiger partial charge on any atom is 0.128 e. The summed E-state index contributed by atoms with van der Waals surface area (Å²) in [4.78, 5) is 8.75. The normalized spacial score (nSPS) is 14.3. The fourth-order valence-electron chi connectivity index (χ4n) is 2.61. The van der Waals surface area contributed by atoms with Gasteiger partial charge in [0, 0.05) is 11.2 Å². The van der Waals surface area contributed by atoms with Crippen LogP contribution in [-0.2, 0) is 0 Å². The zero-order valence-electron chi connectivity index (χ0n) is 11.8. The summed E-state index contributed by atoms with van der Waals surface area (Å²) < 4.78 is 2.13. The predicted molar refractivity (Wildman–Crippen MR) is 87.1 cm³/mol. The number of aromatic nitrogens is 3. The van der Waals surface area contributed by atoms with E-state index in [1.807, 2.05) is 37.3 Å². The molecule has 0 bridgehead atoms. The molecule has 3 aromatic rings. The molecule has 2 heterocycles. The molecule has 0 radical (unpaired) electrons. The Labute approximate surface area is 133 Å². The van der Waals surface area contributed by atoms with Crippen molar-refractivity contribution in [3.8, 4) is 0 Å². The number of benzene rings is 1. The fraction of sp³-hybridized carbons (Fsp3) is 0.250. The molecule has 5 heteroatoms. The second kappa shape index (κ2) is 5.66. The molecule has 2 aromatic heterocycles. The van der Waals surface area contributed by atoms with Gasteiger partial charge >= 0.3 is 0 Å². The fourth-order valence-corrected chi connectivity index (χ4v) is 3.06. The standard InChI is InChI=1S/C16H15Cl2N3/c1-10(17)16-20-14-9-19-8-7-15(14)21(16)11(2)12-5-3-4-6-13(12)18/h3-11H,1-2H3. The maximum absolute atomic E-state index is 6.34. The van der Waals surface area contributed by atoms with Crippen LogP contribution in [0.5, 0.6) is 0 Å². The first-order chi connectivity index (χ1) is 10.1. The summed E-state index contributed by atoms with van der Waals surface area (Å²) in [6.07, 6.45) is 3.52. The van der Waals surface area contributed by atoms with Crippen LogP contribution >= 0.6 is 23.2 Å². The molecule has 3 rings (SSSR count). The summed E-state index contributed by atoms with van der Waals surface area (Å²) >= 11 is 12.7. The minimum atomic E-state index is -0.192. The molecule has 0 fully saturated rings. The van der Waals surface area contributed by atoms with Crippen molar-refractivity contribution >= 4 is 34.2 Å². The number of fused-ring (bicyclic) bond motifs is 1. The van der Waals surface area contributed by atoms with Crippen LogP contribution in [0.4, 0.5) is 0 Å². The zero-order valence-corrected chi connectivity index (χ0v) is 13.3. The minimum absolute atomic E-state index is 0.0438. The van der Waals surface area contributed by atoms with E-state index in [-0.39, 0.29) is 11.4 Å². The van der Waals surface area contributed by atoms with E-state index in [1.54, 1.807) is 12.4 Å². The van der Waals surface area contributed by atoms with Crippen molar-refractivity contribution in [2.45, 2.75) is 25.3 Å². The highest BCUT2D eigenvalue weighted by molar-refractivity contribution is 6.31. The Kier molecular flexibility index (Phi) is 3.87. The first-order valence-electron chi connectivity index (χ1n) is 6.80. The number of hydrogen-bond acceptors (Lipinski definition) is 2. The molecule has 1 aromatic carbocycles. The number of nitrogens with zero attached hydrogens (tertiary/aromatic N) is 3. The van der Waals surface area contributed by atoms with E-state index >= 15 is 0 Å². The van der Waals surface area contributed by atoms with E-state index in [0.717, 1.165) is 27.4 Å². The highest BCUT2D eigenvalue weighted by Crippen LogP contribution is 2.33. The van der Waals surface area contributed by atoms with Gasteiger partial charge in [0.2, 0.25) is 0 Å². The number of imidazole rings is 1. The molecule has 2 unspecified atom stereocenters. The first-order valence-corrected chi connectivity index (χ1v) is 7.61. The van der Waals surface area contributed by atoms with Gasteiger partial charge in [0.15, 0.2) is 0 Å². The molecule has 3 nitrogen and oxygen atoms in total. The van der Waals surface area contributed by atoms with Gasteiger partial charge in [-0.05, 0) is 31.5 Å². The van der Waals surface area contributed by atoms with Gasteiger partial charge in [-0.3, -0.25) is 4.98 Å². The Bertz CT molecular complexity index is 780. The predicted octanol–water partition coefficient (Wildman–Crippen LogP) is 4.99. The Morgan fingerprint density at radius 2 is 1.90 bits per heavy atom. The molecule has 0 saturated carbocycles. The number of hydrogen-bond donors (Lipinski definition) is 0. The first kappa shape index (κ1) is 14.4. The Hall–Kier alpha value is -1.58. The van der Waals surface area contributed by atoms with Crippen LogP contribution < -0.4 is 0 Å². The van der Waals surface area contributed by atoms with Gasteiger partial charge in [-0.15, -0.1) is 11.6 Å². The Morgan fingerprint density at radius 3 is 2.62 bits per heavy atom. The van der Waals surface area contributed by atoms with Crippen molar-refractivity contribution in [2.75, 3.05) is 0 Å². The lowest BCUT2D eigenvalue weighted by Crippen LogP contribution is -2.11. The second-order valence-corrected chi connectivity index (χ2v) is 6.08. The lowest BCUT2D eigenvalue weighted by Gasteiger charge is -2.20. The van der Waals surface area contributed by atoms with Crippen LogP contribution in [0.1, 0.15) is 36.7 Å². The third-order valence-electron chi connectivity index (χ3n) is 3.62. The van der Waals surface area contributed by atoms with Crippen LogP contribution in [0.25, 0.3) is 11.0 Å². The number of halogens is 2. The lowest BCUT2D eigenvalue weighted by atomic mass is 10.1. The van der Waals surface area contributed by atoms with E-state index < -0.39 is 0 Å². The SMILES string of the molecule is CC(Cl)c1nc2cnccc2n1C(C)c1ccccc1Cl. The van der Waals surface area contributed by atoms with Crippen LogP contribution in [-0.4, -0.2) is 14.5 Å². The number of pyridine rings is 1. The summed E-state index contributed by atoms with van der Waals surface area (Å²) in [5, 5.41) is 0.552. The summed E-state index contributed by atoms with van der Waals surface area (Å²) in [7, 11) is 0. The molecule has 0 aliphatic rings. The molecule has 2 atom stereocenters. The molecule has 21 heavy (non-hydrogen) atoms. The van der Waals surface area contributed by atoms with E-state index in [1.165, 1.54) is 0 Å². The van der Waals surface area contributed by atoms with Gasteiger partial charge in [-0.2, -0.15) is 0 Å². The van der Waals surface area contributed by atoms with Crippen LogP contribution in [0.15, 0.2) is 42.7 Å². The molecular weight excluding hydrogens is 305 g/mol. The van der Waals surface area contributed by atoms with Crippen molar-refractivity contribution < 1.29 is 0 Å². The summed E-state index contributed by atoms with van der Waals surface area (Å²) in [6.45, 7) is 4.03. The van der Waals surface area contributed by atoms with Gasteiger partial charge in [0.25, 0.3) is 0 Å². The van der Waals surface area contributed by atoms with Crippen molar-refractivity contribution in [1.29, 1.82) is 0 Å². The minimum Gasteiger partial charge on any atom is -0.319 e. The molecule has 0 spiro atoms. The molecule has 0 aliphatic heterocycles. The van der Waals surface area contributed by atoms with Gasteiger partial charge in [0.05, 0.1) is 23.1 Å². The molecule has 108 valence electrons. The lowest BCUT2D eigenvalue weighted by molar-refractivity contribution is 0.618. The quantitative estimate of drug-likeness (QED) is 0.636. The molecular formula is C16H15Cl2N3.